The van der Waals surface area contributed by atoms with Crippen LogP contribution in [0.1, 0.15) is 0 Å². The molecule has 4 aromatic rings. The van der Waals surface area contributed by atoms with E-state index in [1.807, 2.05) is 168 Å². The zero-order valence-corrected chi connectivity index (χ0v) is 31.0. The van der Waals surface area contributed by atoms with Crippen LogP contribution in [0.2, 0.25) is 0 Å². The van der Waals surface area contributed by atoms with Crippen LogP contribution in [0.15, 0.2) is 139 Å². The fourth-order valence-electron chi connectivity index (χ4n) is 4.29. The molecular formula is C28H32Cl4N8P4. The number of benzene rings is 4. The Morgan fingerprint density at radius 3 is 0.659 bits per heavy atom. The zero-order valence-electron chi connectivity index (χ0n) is 24.4. The first-order chi connectivity index (χ1) is 20.9. The first-order valence-corrected chi connectivity index (χ1v) is 23.6. The molecule has 232 valence electrons. The third-order valence-electron chi connectivity index (χ3n) is 6.96. The Labute approximate surface area is 279 Å². The number of nitrogens with zero attached hydrogens (tertiary/aromatic N) is 8. The van der Waals surface area contributed by atoms with E-state index >= 15 is 0 Å². The van der Waals surface area contributed by atoms with Gasteiger partial charge in [-0.2, -0.15) is 18.1 Å². The molecule has 16 heteroatoms. The van der Waals surface area contributed by atoms with E-state index in [9.17, 15) is 0 Å². The largest absolute Gasteiger partial charge is 0.312 e. The fraction of sp³-hybridized carbons (Fsp3) is 0.143. The van der Waals surface area contributed by atoms with Crippen molar-refractivity contribution in [2.45, 2.75) is 0 Å². The average Bonchev–Trinajstić information content (AvgIpc) is 3.04. The molecule has 5 rings (SSSR count). The lowest BCUT2D eigenvalue weighted by Crippen LogP contribution is -2.16. The summed E-state index contributed by atoms with van der Waals surface area (Å²) >= 11 is 30.5. The van der Waals surface area contributed by atoms with Crippen LogP contribution in [0, 0.1) is 0 Å². The number of para-hydroxylation sites is 4. The summed E-state index contributed by atoms with van der Waals surface area (Å²) in [5, 5.41) is 0. The Morgan fingerprint density at radius 2 is 0.500 bits per heavy atom. The van der Waals surface area contributed by atoms with Gasteiger partial charge in [-0.3, -0.25) is 0 Å². The number of rotatable bonds is 8. The van der Waals surface area contributed by atoms with Crippen molar-refractivity contribution >= 4 is 94.5 Å². The molecule has 0 aromatic heterocycles. The van der Waals surface area contributed by atoms with Gasteiger partial charge < -0.3 is 18.7 Å². The summed E-state index contributed by atoms with van der Waals surface area (Å²) in [5.41, 5.74) is 3.20. The van der Waals surface area contributed by atoms with Crippen LogP contribution >= 0.6 is 71.8 Å². The standard InChI is InChI=1S/C28H32Cl4N8P4/c1-37(25-17-9-5-10-18-25)41(29)33-42(30,38(2)26-19-11-6-12-20-26)35-44(32,40(4)28-23-15-8-16-24-28)36-43(31,34-41)39(3)27-21-13-7-14-22-27/h5-24H,1-4H3. The van der Waals surface area contributed by atoms with E-state index in [0.717, 1.165) is 22.7 Å². The summed E-state index contributed by atoms with van der Waals surface area (Å²) in [7, 11) is 7.38. The van der Waals surface area contributed by atoms with Gasteiger partial charge in [0, 0.05) is 50.9 Å². The molecule has 0 fully saturated rings. The van der Waals surface area contributed by atoms with Crippen molar-refractivity contribution in [3.63, 3.8) is 0 Å². The van der Waals surface area contributed by atoms with E-state index in [2.05, 4.69) is 0 Å². The molecule has 0 radical (unpaired) electrons. The molecule has 0 spiro atoms. The number of halogens is 4. The van der Waals surface area contributed by atoms with Crippen molar-refractivity contribution < 1.29 is 0 Å². The lowest BCUT2D eigenvalue weighted by Gasteiger charge is -2.39. The Morgan fingerprint density at radius 1 is 0.341 bits per heavy atom. The third kappa shape index (κ3) is 6.95. The van der Waals surface area contributed by atoms with Crippen molar-refractivity contribution in [3.05, 3.63) is 121 Å². The van der Waals surface area contributed by atoms with E-state index < -0.39 is 26.8 Å². The summed E-state index contributed by atoms with van der Waals surface area (Å²) in [4.78, 5) is 0. The lowest BCUT2D eigenvalue weighted by atomic mass is 10.3. The molecule has 8 nitrogen and oxygen atoms in total. The SMILES string of the molecule is CN(c1ccccc1)P1(Cl)=NP(Cl)(N(C)c2ccccc2)=NP(Cl)(N(C)c2ccccc2)=NP(Cl)(N(C)c2ccccc2)=N1. The summed E-state index contributed by atoms with van der Waals surface area (Å²) in [6.07, 6.45) is 0. The molecule has 44 heavy (non-hydrogen) atoms. The first kappa shape index (κ1) is 33.5. The molecule has 0 unspecified atom stereocenters. The van der Waals surface area contributed by atoms with E-state index in [-0.39, 0.29) is 0 Å². The van der Waals surface area contributed by atoms with Crippen LogP contribution in [0.4, 0.5) is 22.7 Å². The number of anilines is 4. The predicted octanol–water partition coefficient (Wildman–Crippen LogP) is 13.3. The van der Waals surface area contributed by atoms with E-state index in [4.69, 9.17) is 63.0 Å². The van der Waals surface area contributed by atoms with Gasteiger partial charge in [0.05, 0.1) is 0 Å². The van der Waals surface area contributed by atoms with Gasteiger partial charge in [0.2, 0.25) is 0 Å². The van der Waals surface area contributed by atoms with Crippen molar-refractivity contribution in [1.29, 1.82) is 0 Å². The minimum absolute atomic E-state index is 0.799. The summed E-state index contributed by atoms with van der Waals surface area (Å²) in [6, 6.07) is 38.7. The number of hydrogen-bond donors (Lipinski definition) is 0. The normalized spacial score (nSPS) is 26.4. The summed E-state index contributed by atoms with van der Waals surface area (Å²) in [5.74, 6) is 0. The maximum absolute atomic E-state index is 7.63. The molecule has 0 aliphatic carbocycles. The topological polar surface area (TPSA) is 62.4 Å². The molecule has 0 saturated heterocycles. The van der Waals surface area contributed by atoms with Gasteiger partial charge in [0.15, 0.2) is 0 Å². The second-order valence-electron chi connectivity index (χ2n) is 9.77. The molecule has 0 saturated carbocycles. The van der Waals surface area contributed by atoms with Crippen molar-refractivity contribution in [3.8, 4) is 0 Å². The van der Waals surface area contributed by atoms with Gasteiger partial charge in [-0.1, -0.05) is 72.8 Å². The molecular weight excluding hydrogens is 714 g/mol. The van der Waals surface area contributed by atoms with Gasteiger partial charge in [-0.05, 0) is 93.5 Å². The number of hydrogen-bond acceptors (Lipinski definition) is 8. The zero-order chi connectivity index (χ0) is 31.6. The van der Waals surface area contributed by atoms with Gasteiger partial charge >= 0.3 is 0 Å². The summed E-state index contributed by atoms with van der Waals surface area (Å²) in [6.45, 7) is -13.8. The maximum Gasteiger partial charge on any atom is 0.265 e. The van der Waals surface area contributed by atoms with Gasteiger partial charge in [0.25, 0.3) is 26.8 Å². The maximum atomic E-state index is 7.63. The lowest BCUT2D eigenvalue weighted by molar-refractivity contribution is 1.28. The molecule has 1 aliphatic heterocycles. The van der Waals surface area contributed by atoms with E-state index in [0.29, 0.717) is 0 Å². The minimum Gasteiger partial charge on any atom is -0.312 e. The Balaban J connectivity index is 1.88. The molecule has 1 aliphatic rings. The highest BCUT2D eigenvalue weighted by Gasteiger charge is 2.42. The van der Waals surface area contributed by atoms with E-state index in [1.54, 1.807) is 0 Å². The quantitative estimate of drug-likeness (QED) is 0.168. The highest BCUT2D eigenvalue weighted by atomic mass is 35.7. The summed E-state index contributed by atoms with van der Waals surface area (Å²) < 4.78 is 28.3. The molecule has 0 amide bonds. The second-order valence-corrected chi connectivity index (χ2v) is 24.4. The van der Waals surface area contributed by atoms with Crippen molar-refractivity contribution in [2.24, 2.45) is 18.1 Å². The first-order valence-electron chi connectivity index (χ1n) is 13.4. The molecule has 0 atom stereocenters. The van der Waals surface area contributed by atoms with Crippen LogP contribution in [0.25, 0.3) is 0 Å². The highest BCUT2D eigenvalue weighted by Crippen LogP contribution is 2.86. The van der Waals surface area contributed by atoms with Crippen LogP contribution in [-0.2, 0) is 0 Å². The molecule has 0 N–H and O–H groups in total. The van der Waals surface area contributed by atoms with E-state index in [1.165, 1.54) is 0 Å². The molecule has 1 heterocycles. The van der Waals surface area contributed by atoms with Crippen LogP contribution < -0.4 is 18.7 Å². The van der Waals surface area contributed by atoms with Crippen LogP contribution in [0.5, 0.6) is 0 Å². The Hall–Kier alpha value is -1.84. The highest BCUT2D eigenvalue weighted by molar-refractivity contribution is 8.10. The van der Waals surface area contributed by atoms with Crippen LogP contribution in [-0.4, -0.2) is 28.2 Å². The molecule has 4 aromatic carbocycles. The smallest absolute Gasteiger partial charge is 0.265 e. The monoisotopic (exact) mass is 744 g/mol. The Bertz CT molecular complexity index is 1540. The van der Waals surface area contributed by atoms with Crippen molar-refractivity contribution in [1.82, 2.24) is 0 Å². The molecule has 0 bridgehead atoms. The predicted molar refractivity (Wildman–Crippen MR) is 200 cm³/mol. The fourth-order valence-corrected chi connectivity index (χ4v) is 25.4. The van der Waals surface area contributed by atoms with Crippen LogP contribution in [0.3, 0.4) is 0 Å². The Kier molecular flexibility index (Phi) is 10.3. The van der Waals surface area contributed by atoms with Crippen molar-refractivity contribution in [2.75, 3.05) is 46.9 Å². The van der Waals surface area contributed by atoms with Gasteiger partial charge in [-0.25, -0.2) is 0 Å². The average molecular weight is 746 g/mol. The van der Waals surface area contributed by atoms with Gasteiger partial charge in [0.1, 0.15) is 0 Å². The third-order valence-corrected chi connectivity index (χ3v) is 25.8. The van der Waals surface area contributed by atoms with Gasteiger partial charge in [-0.15, -0.1) is 0 Å². The minimum atomic E-state index is -3.44. The second kappa shape index (κ2) is 13.5.